The molecule has 0 bridgehead atoms. The van der Waals surface area contributed by atoms with Crippen LogP contribution in [0.5, 0.6) is 0 Å². The van der Waals surface area contributed by atoms with Gasteiger partial charge >= 0.3 is 52.8 Å². The van der Waals surface area contributed by atoms with Gasteiger partial charge in [0.25, 0.3) is 0 Å². The van der Waals surface area contributed by atoms with E-state index in [1.165, 1.54) is 0 Å². The number of hydrogen-bond acceptors (Lipinski definition) is 3. The number of rotatable bonds is 0. The van der Waals surface area contributed by atoms with Crippen molar-refractivity contribution in [3.8, 4) is 0 Å². The van der Waals surface area contributed by atoms with E-state index in [1.807, 2.05) is 0 Å². The fraction of sp³-hybridized carbons (Fsp3) is 0. The molecule has 0 aromatic heterocycles. The Bertz CT molecular complexity index is 15.5. The molecule has 0 unspecified atom stereocenters. The van der Waals surface area contributed by atoms with Gasteiger partial charge in [0.05, 0.1) is 0 Å². The van der Waals surface area contributed by atoms with E-state index in [9.17, 15) is 0 Å². The Morgan fingerprint density at radius 1 is 1.00 bits per heavy atom. The van der Waals surface area contributed by atoms with E-state index in [0.717, 1.165) is 0 Å². The van der Waals surface area contributed by atoms with Crippen molar-refractivity contribution in [1.29, 1.82) is 0 Å². The van der Waals surface area contributed by atoms with E-state index in [0.29, 0.717) is 0 Å². The van der Waals surface area contributed by atoms with Crippen LogP contribution in [-0.4, -0.2) is 67.9 Å². The average Bonchev–Trinajstić information content (AvgIpc) is 0.811. The van der Waals surface area contributed by atoms with Crippen molar-refractivity contribution >= 4 is 52.8 Å². The van der Waals surface area contributed by atoms with Crippen molar-refractivity contribution < 1.29 is 47.8 Å². The van der Waals surface area contributed by atoms with Crippen molar-refractivity contribution in [2.45, 2.75) is 0 Å². The standard InChI is InChI=1S/BH3O3.Sr.Y.2H/c2-1(3)4;;;;/h2-4H;;;;. The van der Waals surface area contributed by atoms with Gasteiger partial charge in [0.1, 0.15) is 0 Å². The summed E-state index contributed by atoms with van der Waals surface area (Å²) in [5.41, 5.74) is 0. The maximum atomic E-state index is 7.17. The summed E-state index contributed by atoms with van der Waals surface area (Å²) in [6, 6.07) is 0. The molecule has 3 N–H and O–H groups in total. The molecule has 0 amide bonds. The van der Waals surface area contributed by atoms with Crippen molar-refractivity contribution in [2.24, 2.45) is 0 Å². The Labute approximate surface area is 98.5 Å². The third kappa shape index (κ3) is 31.2. The maximum absolute atomic E-state index is 7.17. The molecule has 0 aromatic carbocycles. The van der Waals surface area contributed by atoms with Crippen molar-refractivity contribution in [3.05, 3.63) is 0 Å². The molecule has 0 saturated heterocycles. The van der Waals surface area contributed by atoms with Crippen molar-refractivity contribution in [1.82, 2.24) is 0 Å². The molecule has 0 aliphatic rings. The molecule has 0 rings (SSSR count). The Balaban J connectivity index is -0.0000000450. The molecule has 3 nitrogen and oxygen atoms in total. The van der Waals surface area contributed by atoms with Crippen LogP contribution in [0.1, 0.15) is 0 Å². The quantitative estimate of drug-likeness (QED) is 0.396. The fourth-order valence-electron chi connectivity index (χ4n) is 0. The summed E-state index contributed by atoms with van der Waals surface area (Å²) in [5, 5.41) is 21.5. The fourth-order valence-corrected chi connectivity index (χ4v) is 0. The van der Waals surface area contributed by atoms with E-state index in [1.54, 1.807) is 0 Å². The van der Waals surface area contributed by atoms with Gasteiger partial charge in [-0.2, -0.15) is 0 Å². The van der Waals surface area contributed by atoms with Crippen LogP contribution in [0.15, 0.2) is 0 Å². The molecular formula is H5BO3SrY. The van der Waals surface area contributed by atoms with E-state index in [4.69, 9.17) is 15.1 Å². The van der Waals surface area contributed by atoms with E-state index in [2.05, 4.69) is 0 Å². The third-order valence-electron chi connectivity index (χ3n) is 0. The van der Waals surface area contributed by atoms with Gasteiger partial charge in [0, 0.05) is 32.7 Å². The van der Waals surface area contributed by atoms with Gasteiger partial charge in [-0.15, -0.1) is 0 Å². The summed E-state index contributed by atoms with van der Waals surface area (Å²) in [6.45, 7) is 0. The predicted octanol–water partition coefficient (Wildman–Crippen LogP) is -2.97. The van der Waals surface area contributed by atoms with Gasteiger partial charge in [-0.05, 0) is 0 Å². The molecule has 0 fully saturated rings. The summed E-state index contributed by atoms with van der Waals surface area (Å²) in [5.74, 6) is 0. The zero-order valence-electron chi connectivity index (χ0n) is 2.50. The minimum absolute atomic E-state index is 0. The molecule has 0 aliphatic heterocycles. The van der Waals surface area contributed by atoms with Gasteiger partial charge < -0.3 is 15.1 Å². The van der Waals surface area contributed by atoms with Gasteiger partial charge in [0.2, 0.25) is 0 Å². The van der Waals surface area contributed by atoms with Crippen molar-refractivity contribution in [3.63, 3.8) is 0 Å². The smallest absolute Gasteiger partial charge is 0 e. The van der Waals surface area contributed by atoms with Crippen LogP contribution in [0.4, 0.5) is 0 Å². The zero-order chi connectivity index (χ0) is 3.58. The Morgan fingerprint density at radius 3 is 1.00 bits per heavy atom. The van der Waals surface area contributed by atoms with Gasteiger partial charge in [-0.3, -0.25) is 0 Å². The van der Waals surface area contributed by atoms with Crippen molar-refractivity contribution in [2.75, 3.05) is 0 Å². The molecule has 0 spiro atoms. The first kappa shape index (κ1) is 15.8. The summed E-state index contributed by atoms with van der Waals surface area (Å²) < 4.78 is 0. The van der Waals surface area contributed by atoms with Crippen LogP contribution in [0.2, 0.25) is 0 Å². The third-order valence-corrected chi connectivity index (χ3v) is 0. The molecule has 31 valence electrons. The SMILES string of the molecule is OB(O)O.[SrH2].[Y]. The zero-order valence-corrected chi connectivity index (χ0v) is 5.33. The largest absolute Gasteiger partial charge is 0 e. The average molecular weight is 240 g/mol. The van der Waals surface area contributed by atoms with Crippen LogP contribution in [-0.2, 0) is 32.7 Å². The molecule has 6 heteroatoms. The van der Waals surface area contributed by atoms with Crippen LogP contribution in [0, 0.1) is 0 Å². The second kappa shape index (κ2) is 10.5. The summed E-state index contributed by atoms with van der Waals surface area (Å²) in [4.78, 5) is 0. The molecule has 1 radical (unpaired) electrons. The molecule has 0 heterocycles. The molecular weight excluding hydrogens is 235 g/mol. The van der Waals surface area contributed by atoms with E-state index < -0.39 is 7.32 Å². The normalized spacial score (nSPS) is 4.50. The van der Waals surface area contributed by atoms with Crippen LogP contribution >= 0.6 is 0 Å². The molecule has 0 aliphatic carbocycles. The van der Waals surface area contributed by atoms with Gasteiger partial charge in [-0.1, -0.05) is 0 Å². The van der Waals surface area contributed by atoms with Crippen LogP contribution in [0.25, 0.3) is 0 Å². The van der Waals surface area contributed by atoms with Crippen LogP contribution in [0.3, 0.4) is 0 Å². The second-order valence-corrected chi connectivity index (χ2v) is 0.346. The molecule has 0 aromatic rings. The first-order valence-corrected chi connectivity index (χ1v) is 0.775. The molecule has 6 heavy (non-hydrogen) atoms. The number of hydrogen-bond donors (Lipinski definition) is 3. The molecule has 0 saturated carbocycles. The summed E-state index contributed by atoms with van der Waals surface area (Å²) in [7, 11) is -2.17. The Kier molecular flexibility index (Phi) is 27.7. The molecule has 0 atom stereocenters. The van der Waals surface area contributed by atoms with Gasteiger partial charge in [-0.25, -0.2) is 0 Å². The first-order valence-electron chi connectivity index (χ1n) is 0.775. The van der Waals surface area contributed by atoms with E-state index >= 15 is 0 Å². The van der Waals surface area contributed by atoms with Crippen LogP contribution < -0.4 is 0 Å². The summed E-state index contributed by atoms with van der Waals surface area (Å²) in [6.07, 6.45) is 0. The van der Waals surface area contributed by atoms with Gasteiger partial charge in [0.15, 0.2) is 0 Å². The monoisotopic (exact) mass is 241 g/mol. The predicted molar refractivity (Wildman–Crippen MR) is 21.0 cm³/mol. The second-order valence-electron chi connectivity index (χ2n) is 0.346. The first-order chi connectivity index (χ1) is 1.73. The Morgan fingerprint density at radius 2 is 1.00 bits per heavy atom. The summed E-state index contributed by atoms with van der Waals surface area (Å²) >= 11 is 0. The van der Waals surface area contributed by atoms with E-state index in [-0.39, 0.29) is 78.2 Å². The topological polar surface area (TPSA) is 60.7 Å². The minimum atomic E-state index is -2.17. The minimum Gasteiger partial charge on any atom is 0 e. The maximum Gasteiger partial charge on any atom is 0 e. The Hall–Kier alpha value is 2.53.